The third-order valence-corrected chi connectivity index (χ3v) is 5.11. The zero-order chi connectivity index (χ0) is 17.4. The summed E-state index contributed by atoms with van der Waals surface area (Å²) in [6.07, 6.45) is 0.762. The molecule has 2 aromatic rings. The zero-order valence-corrected chi connectivity index (χ0v) is 14.7. The van der Waals surface area contributed by atoms with Gasteiger partial charge in [0.1, 0.15) is 6.04 Å². The number of primary amides is 1. The third-order valence-electron chi connectivity index (χ3n) is 4.06. The Morgan fingerprint density at radius 1 is 1.04 bits per heavy atom. The van der Waals surface area contributed by atoms with Crippen molar-refractivity contribution in [3.8, 4) is 0 Å². The number of ketones is 1. The van der Waals surface area contributed by atoms with E-state index in [1.165, 1.54) is 12.1 Å². The molecule has 0 spiro atoms. The van der Waals surface area contributed by atoms with E-state index in [4.69, 9.17) is 40.5 Å². The normalized spacial score (nSPS) is 14.4. The van der Waals surface area contributed by atoms with Crippen LogP contribution >= 0.6 is 34.8 Å². The molecule has 0 saturated carbocycles. The van der Waals surface area contributed by atoms with Gasteiger partial charge in [-0.3, -0.25) is 9.59 Å². The average molecular weight is 384 g/mol. The van der Waals surface area contributed by atoms with Crippen LogP contribution in [0.2, 0.25) is 15.1 Å². The quantitative estimate of drug-likeness (QED) is 0.645. The van der Waals surface area contributed by atoms with Crippen molar-refractivity contribution in [2.45, 2.75) is 12.5 Å². The van der Waals surface area contributed by atoms with Crippen molar-refractivity contribution in [2.24, 2.45) is 5.73 Å². The molecule has 1 atom stereocenters. The summed E-state index contributed by atoms with van der Waals surface area (Å²) in [5, 5.41) is 0.789. The molecule has 3 rings (SSSR count). The lowest BCUT2D eigenvalue weighted by atomic mass is 10.00. The molecule has 1 amide bonds. The SMILES string of the molecule is NC(=O)C(=O)C(c1cc(Cl)c(Cl)cc1Cl)N1CCc2ccccc21. The van der Waals surface area contributed by atoms with Gasteiger partial charge in [0.05, 0.1) is 10.0 Å². The van der Waals surface area contributed by atoms with E-state index in [0.717, 1.165) is 17.7 Å². The van der Waals surface area contributed by atoms with Crippen LogP contribution in [0.1, 0.15) is 17.2 Å². The largest absolute Gasteiger partial charge is 0.363 e. The number of rotatable bonds is 4. The maximum absolute atomic E-state index is 12.5. The minimum Gasteiger partial charge on any atom is -0.363 e. The van der Waals surface area contributed by atoms with Crippen LogP contribution in [-0.4, -0.2) is 18.2 Å². The first-order valence-electron chi connectivity index (χ1n) is 7.22. The number of hydrogen-bond acceptors (Lipinski definition) is 3. The number of carbonyl (C=O) groups is 2. The molecule has 0 aromatic heterocycles. The standard InChI is InChI=1S/C17H13Cl3N2O2/c18-11-8-13(20)12(19)7-10(11)15(16(23)17(21)24)22-6-5-9-3-1-2-4-14(9)22/h1-4,7-8,15H,5-6H2,(H2,21,24). The van der Waals surface area contributed by atoms with Gasteiger partial charge in [0.15, 0.2) is 0 Å². The van der Waals surface area contributed by atoms with Crippen LogP contribution in [0.25, 0.3) is 0 Å². The van der Waals surface area contributed by atoms with Crippen LogP contribution in [0.15, 0.2) is 36.4 Å². The number of halogens is 3. The van der Waals surface area contributed by atoms with Crippen LogP contribution in [0.4, 0.5) is 5.69 Å². The smallest absolute Gasteiger partial charge is 0.287 e. The van der Waals surface area contributed by atoms with Crippen molar-refractivity contribution in [2.75, 3.05) is 11.4 Å². The summed E-state index contributed by atoms with van der Waals surface area (Å²) in [6, 6.07) is 9.72. The first-order valence-corrected chi connectivity index (χ1v) is 8.36. The Hall–Kier alpha value is -1.75. The molecule has 4 nitrogen and oxygen atoms in total. The number of anilines is 1. The fraction of sp³-hybridized carbons (Fsp3) is 0.176. The summed E-state index contributed by atoms with van der Waals surface area (Å²) in [7, 11) is 0. The summed E-state index contributed by atoms with van der Waals surface area (Å²) in [5.74, 6) is -1.77. The molecule has 7 heteroatoms. The Labute approximate surface area is 154 Å². The van der Waals surface area contributed by atoms with Gasteiger partial charge in [0.25, 0.3) is 5.91 Å². The summed E-state index contributed by atoms with van der Waals surface area (Å²) < 4.78 is 0. The van der Waals surface area contributed by atoms with Crippen molar-refractivity contribution in [1.29, 1.82) is 0 Å². The highest BCUT2D eigenvalue weighted by Crippen LogP contribution is 2.40. The molecule has 0 aliphatic carbocycles. The fourth-order valence-electron chi connectivity index (χ4n) is 2.96. The highest BCUT2D eigenvalue weighted by Gasteiger charge is 2.36. The van der Waals surface area contributed by atoms with Gasteiger partial charge in [-0.2, -0.15) is 0 Å². The Morgan fingerprint density at radius 3 is 2.42 bits per heavy atom. The second-order valence-electron chi connectivity index (χ2n) is 5.49. The van der Waals surface area contributed by atoms with Crippen molar-refractivity contribution in [1.82, 2.24) is 0 Å². The van der Waals surface area contributed by atoms with Crippen molar-refractivity contribution in [3.05, 3.63) is 62.6 Å². The number of para-hydroxylation sites is 1. The Balaban J connectivity index is 2.14. The Kier molecular flexibility index (Phi) is 4.72. The second-order valence-corrected chi connectivity index (χ2v) is 6.71. The minimum atomic E-state index is -1.02. The van der Waals surface area contributed by atoms with Gasteiger partial charge in [-0.25, -0.2) is 0 Å². The van der Waals surface area contributed by atoms with Gasteiger partial charge in [-0.05, 0) is 30.2 Å². The monoisotopic (exact) mass is 382 g/mol. The number of benzene rings is 2. The Bertz CT molecular complexity index is 839. The minimum absolute atomic E-state index is 0.255. The molecule has 1 unspecified atom stereocenters. The van der Waals surface area contributed by atoms with Gasteiger partial charge >= 0.3 is 0 Å². The second kappa shape index (κ2) is 6.63. The van der Waals surface area contributed by atoms with E-state index in [0.29, 0.717) is 12.1 Å². The van der Waals surface area contributed by atoms with Gasteiger partial charge in [0.2, 0.25) is 5.78 Å². The summed E-state index contributed by atoms with van der Waals surface area (Å²) in [5.41, 5.74) is 7.64. The molecular formula is C17H13Cl3N2O2. The van der Waals surface area contributed by atoms with Crippen LogP contribution in [-0.2, 0) is 16.0 Å². The van der Waals surface area contributed by atoms with E-state index in [1.54, 1.807) is 0 Å². The predicted molar refractivity (Wildman–Crippen MR) is 95.9 cm³/mol. The lowest BCUT2D eigenvalue weighted by Gasteiger charge is -2.29. The molecule has 124 valence electrons. The average Bonchev–Trinajstić information content (AvgIpc) is 2.96. The van der Waals surface area contributed by atoms with Gasteiger partial charge in [0, 0.05) is 22.8 Å². The van der Waals surface area contributed by atoms with Gasteiger partial charge in [-0.1, -0.05) is 53.0 Å². The molecular weight excluding hydrogens is 371 g/mol. The first kappa shape index (κ1) is 17.1. The number of nitrogens with two attached hydrogens (primary N) is 1. The summed E-state index contributed by atoms with van der Waals surface area (Å²) in [6.45, 7) is 0.569. The topological polar surface area (TPSA) is 63.4 Å². The van der Waals surface area contributed by atoms with Crippen LogP contribution < -0.4 is 10.6 Å². The maximum atomic E-state index is 12.5. The van der Waals surface area contributed by atoms with E-state index in [-0.39, 0.29) is 15.1 Å². The molecule has 1 heterocycles. The lowest BCUT2D eigenvalue weighted by Crippen LogP contribution is -2.39. The molecule has 0 fully saturated rings. The highest BCUT2D eigenvalue weighted by molar-refractivity contribution is 6.44. The molecule has 1 aliphatic heterocycles. The lowest BCUT2D eigenvalue weighted by molar-refractivity contribution is -0.136. The summed E-state index contributed by atoms with van der Waals surface area (Å²) in [4.78, 5) is 26.0. The number of carbonyl (C=O) groups excluding carboxylic acids is 2. The van der Waals surface area contributed by atoms with E-state index in [1.807, 2.05) is 29.2 Å². The van der Waals surface area contributed by atoms with Crippen molar-refractivity contribution >= 4 is 52.2 Å². The molecule has 0 radical (unpaired) electrons. The number of fused-ring (bicyclic) bond motifs is 1. The fourth-order valence-corrected chi connectivity index (χ4v) is 3.62. The maximum Gasteiger partial charge on any atom is 0.287 e. The van der Waals surface area contributed by atoms with Gasteiger partial charge in [-0.15, -0.1) is 0 Å². The highest BCUT2D eigenvalue weighted by atomic mass is 35.5. The van der Waals surface area contributed by atoms with E-state index in [2.05, 4.69) is 0 Å². The molecule has 24 heavy (non-hydrogen) atoms. The summed E-state index contributed by atoms with van der Waals surface area (Å²) >= 11 is 18.3. The number of hydrogen-bond donors (Lipinski definition) is 1. The predicted octanol–water partition coefficient (Wildman–Crippen LogP) is 3.81. The van der Waals surface area contributed by atoms with E-state index >= 15 is 0 Å². The number of nitrogens with zero attached hydrogens (tertiary/aromatic N) is 1. The zero-order valence-electron chi connectivity index (χ0n) is 12.4. The van der Waals surface area contributed by atoms with Crippen molar-refractivity contribution < 1.29 is 9.59 Å². The third kappa shape index (κ3) is 2.97. The van der Waals surface area contributed by atoms with Crippen molar-refractivity contribution in [3.63, 3.8) is 0 Å². The number of amides is 1. The van der Waals surface area contributed by atoms with Crippen LogP contribution in [0.3, 0.4) is 0 Å². The molecule has 1 aliphatic rings. The molecule has 0 bridgehead atoms. The van der Waals surface area contributed by atoms with Crippen LogP contribution in [0.5, 0.6) is 0 Å². The van der Waals surface area contributed by atoms with E-state index < -0.39 is 17.7 Å². The van der Waals surface area contributed by atoms with Crippen LogP contribution in [0, 0.1) is 0 Å². The Morgan fingerprint density at radius 2 is 1.71 bits per heavy atom. The van der Waals surface area contributed by atoms with E-state index in [9.17, 15) is 9.59 Å². The number of Topliss-reactive ketones (excluding diaryl/α,β-unsaturated/α-hetero) is 1. The molecule has 2 N–H and O–H groups in total. The van der Waals surface area contributed by atoms with Gasteiger partial charge < -0.3 is 10.6 Å². The first-order chi connectivity index (χ1) is 11.4. The molecule has 2 aromatic carbocycles. The molecule has 0 saturated heterocycles.